The van der Waals surface area contributed by atoms with E-state index in [2.05, 4.69) is 9.97 Å². The highest BCUT2D eigenvalue weighted by Gasteiger charge is 2.34. The molecule has 0 spiro atoms. The lowest BCUT2D eigenvalue weighted by molar-refractivity contribution is -0.134. The lowest BCUT2D eigenvalue weighted by Gasteiger charge is -2.22. The van der Waals surface area contributed by atoms with Gasteiger partial charge in [-0.25, -0.2) is 4.79 Å². The number of rotatable bonds is 3. The molecule has 0 radical (unpaired) electrons. The minimum absolute atomic E-state index is 0.0675. The number of benzene rings is 1. The number of fused-ring (bicyclic) bond motifs is 1. The molecule has 0 unspecified atom stereocenters. The Bertz CT molecular complexity index is 865. The van der Waals surface area contributed by atoms with Crippen LogP contribution in [-0.2, 0) is 16.0 Å². The van der Waals surface area contributed by atoms with E-state index in [4.69, 9.17) is 0 Å². The van der Waals surface area contributed by atoms with Gasteiger partial charge in [-0.1, -0.05) is 6.07 Å². The fraction of sp³-hybridized carbons (Fsp3) is 0.500. The van der Waals surface area contributed by atoms with Crippen LogP contribution in [0.15, 0.2) is 23.0 Å². The zero-order valence-corrected chi connectivity index (χ0v) is 14.1. The van der Waals surface area contributed by atoms with Crippen molar-refractivity contribution in [2.24, 2.45) is 5.92 Å². The van der Waals surface area contributed by atoms with Crippen LogP contribution in [0.1, 0.15) is 24.8 Å². The van der Waals surface area contributed by atoms with Gasteiger partial charge in [-0.2, -0.15) is 0 Å². The molecule has 2 amide bonds. The maximum Gasteiger partial charge on any atom is 0.323 e. The number of H-pyrrole nitrogens is 2. The number of aromatic nitrogens is 2. The molecule has 1 aromatic heterocycles. The summed E-state index contributed by atoms with van der Waals surface area (Å²) in [6, 6.07) is 5.52. The number of hydrogen-bond donors (Lipinski definition) is 2. The molecule has 132 valence electrons. The number of hydrogen-bond acceptors (Lipinski definition) is 3. The molecule has 1 aromatic carbocycles. The molecule has 1 saturated carbocycles. The summed E-state index contributed by atoms with van der Waals surface area (Å²) in [5, 5.41) is 0. The van der Waals surface area contributed by atoms with Gasteiger partial charge >= 0.3 is 5.69 Å². The Labute approximate surface area is 145 Å². The van der Waals surface area contributed by atoms with E-state index in [0.29, 0.717) is 31.6 Å². The predicted molar refractivity (Wildman–Crippen MR) is 93.1 cm³/mol. The standard InChI is InChI=1S/C18H22N4O3/c23-16(11-12-2-5-14-15(10-12)20-18(25)19-14)21-6-1-7-22(9-8-21)17(24)13-3-4-13/h2,5,10,13H,1,3-4,6-9,11H2,(H2,19,20,25). The third-order valence-electron chi connectivity index (χ3n) is 5.02. The molecular weight excluding hydrogens is 320 g/mol. The molecular formula is C18H22N4O3. The van der Waals surface area contributed by atoms with Gasteiger partial charge in [-0.15, -0.1) is 0 Å². The number of nitrogens with zero attached hydrogens (tertiary/aromatic N) is 2. The van der Waals surface area contributed by atoms with E-state index in [9.17, 15) is 14.4 Å². The second kappa shape index (κ2) is 6.38. The van der Waals surface area contributed by atoms with Crippen molar-refractivity contribution < 1.29 is 9.59 Å². The van der Waals surface area contributed by atoms with Crippen molar-refractivity contribution in [3.8, 4) is 0 Å². The van der Waals surface area contributed by atoms with E-state index in [1.807, 2.05) is 28.0 Å². The van der Waals surface area contributed by atoms with Gasteiger partial charge in [0.15, 0.2) is 0 Å². The molecule has 1 aliphatic heterocycles. The number of amides is 2. The maximum absolute atomic E-state index is 12.6. The van der Waals surface area contributed by atoms with Gasteiger partial charge in [0.25, 0.3) is 0 Å². The smallest absolute Gasteiger partial charge is 0.323 e. The van der Waals surface area contributed by atoms with Crippen molar-refractivity contribution in [1.82, 2.24) is 19.8 Å². The Hall–Kier alpha value is -2.57. The number of carbonyl (C=O) groups excluding carboxylic acids is 2. The zero-order chi connectivity index (χ0) is 17.4. The molecule has 1 saturated heterocycles. The van der Waals surface area contributed by atoms with Gasteiger partial charge < -0.3 is 19.8 Å². The van der Waals surface area contributed by atoms with Crippen molar-refractivity contribution in [3.63, 3.8) is 0 Å². The largest absolute Gasteiger partial charge is 0.341 e. The predicted octanol–water partition coefficient (Wildman–Crippen LogP) is 0.870. The lowest BCUT2D eigenvalue weighted by atomic mass is 10.1. The number of aromatic amines is 2. The van der Waals surface area contributed by atoms with Crippen molar-refractivity contribution in [3.05, 3.63) is 34.2 Å². The highest BCUT2D eigenvalue weighted by atomic mass is 16.2. The Morgan fingerprint density at radius 3 is 2.52 bits per heavy atom. The molecule has 2 N–H and O–H groups in total. The SMILES string of the molecule is O=C(Cc1ccc2[nH]c(=O)[nH]c2c1)N1CCCN(C(=O)C2CC2)CC1. The minimum Gasteiger partial charge on any atom is -0.341 e. The van der Waals surface area contributed by atoms with Crippen LogP contribution in [-0.4, -0.2) is 57.8 Å². The van der Waals surface area contributed by atoms with Crippen molar-refractivity contribution in [1.29, 1.82) is 0 Å². The Morgan fingerprint density at radius 2 is 1.72 bits per heavy atom. The van der Waals surface area contributed by atoms with Crippen LogP contribution < -0.4 is 5.69 Å². The average molecular weight is 342 g/mol. The van der Waals surface area contributed by atoms with E-state index < -0.39 is 0 Å². The van der Waals surface area contributed by atoms with Crippen LogP contribution in [0.3, 0.4) is 0 Å². The molecule has 0 atom stereocenters. The molecule has 2 aliphatic rings. The third-order valence-corrected chi connectivity index (χ3v) is 5.02. The molecule has 7 nitrogen and oxygen atoms in total. The summed E-state index contributed by atoms with van der Waals surface area (Å²) in [4.78, 5) is 45.3. The van der Waals surface area contributed by atoms with Crippen molar-refractivity contribution >= 4 is 22.8 Å². The molecule has 2 fully saturated rings. The number of nitrogens with one attached hydrogen (secondary N) is 2. The monoisotopic (exact) mass is 342 g/mol. The second-order valence-corrected chi connectivity index (χ2v) is 6.97. The Balaban J connectivity index is 1.39. The first-order valence-electron chi connectivity index (χ1n) is 8.87. The normalized spacial score (nSPS) is 18.4. The molecule has 7 heteroatoms. The highest BCUT2D eigenvalue weighted by molar-refractivity contribution is 5.82. The quantitative estimate of drug-likeness (QED) is 0.867. The summed E-state index contributed by atoms with van der Waals surface area (Å²) in [5.74, 6) is 0.562. The van der Waals surface area contributed by atoms with Gasteiger partial charge in [0, 0.05) is 32.1 Å². The van der Waals surface area contributed by atoms with Crippen LogP contribution in [0.25, 0.3) is 11.0 Å². The number of carbonyl (C=O) groups is 2. The van der Waals surface area contributed by atoms with E-state index in [1.54, 1.807) is 0 Å². The average Bonchev–Trinajstić information content (AvgIpc) is 3.39. The van der Waals surface area contributed by atoms with E-state index in [0.717, 1.165) is 36.9 Å². The van der Waals surface area contributed by atoms with Crippen LogP contribution in [0, 0.1) is 5.92 Å². The van der Waals surface area contributed by atoms with E-state index in [-0.39, 0.29) is 23.4 Å². The fourth-order valence-corrected chi connectivity index (χ4v) is 3.45. The van der Waals surface area contributed by atoms with Gasteiger partial charge in [0.05, 0.1) is 17.5 Å². The highest BCUT2D eigenvalue weighted by Crippen LogP contribution is 2.31. The lowest BCUT2D eigenvalue weighted by Crippen LogP contribution is -2.38. The number of imidazole rings is 1. The van der Waals surface area contributed by atoms with Crippen LogP contribution >= 0.6 is 0 Å². The van der Waals surface area contributed by atoms with Crippen molar-refractivity contribution in [2.75, 3.05) is 26.2 Å². The minimum atomic E-state index is -0.244. The summed E-state index contributed by atoms with van der Waals surface area (Å²) in [6.45, 7) is 2.66. The first-order chi connectivity index (χ1) is 12.1. The first-order valence-corrected chi connectivity index (χ1v) is 8.87. The first kappa shape index (κ1) is 15.9. The van der Waals surface area contributed by atoms with Gasteiger partial charge in [-0.05, 0) is 37.0 Å². The maximum atomic E-state index is 12.6. The van der Waals surface area contributed by atoms with Gasteiger partial charge in [0.1, 0.15) is 0 Å². The van der Waals surface area contributed by atoms with Crippen LogP contribution in [0.5, 0.6) is 0 Å². The van der Waals surface area contributed by atoms with Crippen molar-refractivity contribution in [2.45, 2.75) is 25.7 Å². The Kier molecular flexibility index (Phi) is 4.07. The second-order valence-electron chi connectivity index (χ2n) is 6.97. The molecule has 4 rings (SSSR count). The van der Waals surface area contributed by atoms with Gasteiger partial charge in [-0.3, -0.25) is 9.59 Å². The van der Waals surface area contributed by atoms with Gasteiger partial charge in [0.2, 0.25) is 11.8 Å². The van der Waals surface area contributed by atoms with E-state index in [1.165, 1.54) is 0 Å². The molecule has 2 heterocycles. The topological polar surface area (TPSA) is 89.3 Å². The summed E-state index contributed by atoms with van der Waals surface area (Å²) in [5.41, 5.74) is 2.09. The third kappa shape index (κ3) is 3.45. The summed E-state index contributed by atoms with van der Waals surface area (Å²) >= 11 is 0. The van der Waals surface area contributed by atoms with Crippen LogP contribution in [0.2, 0.25) is 0 Å². The van der Waals surface area contributed by atoms with Crippen LogP contribution in [0.4, 0.5) is 0 Å². The molecule has 25 heavy (non-hydrogen) atoms. The fourth-order valence-electron chi connectivity index (χ4n) is 3.45. The summed E-state index contributed by atoms with van der Waals surface area (Å²) in [7, 11) is 0. The molecule has 0 bridgehead atoms. The zero-order valence-electron chi connectivity index (χ0n) is 14.1. The molecule has 2 aromatic rings. The summed E-state index contributed by atoms with van der Waals surface area (Å²) in [6.07, 6.45) is 3.16. The Morgan fingerprint density at radius 1 is 1.00 bits per heavy atom. The molecule has 1 aliphatic carbocycles. The summed E-state index contributed by atoms with van der Waals surface area (Å²) < 4.78 is 0. The van der Waals surface area contributed by atoms with E-state index >= 15 is 0 Å².